The van der Waals surface area contributed by atoms with Crippen LogP contribution in [0, 0.1) is 5.82 Å². The molecule has 1 aliphatic rings. The number of ether oxygens (including phenoxy) is 1. The third-order valence-corrected chi connectivity index (χ3v) is 7.77. The number of halogens is 2. The number of pyridine rings is 2. The van der Waals surface area contributed by atoms with Crippen molar-refractivity contribution in [3.8, 4) is 11.1 Å². The van der Waals surface area contributed by atoms with Crippen molar-refractivity contribution in [1.29, 1.82) is 0 Å². The minimum absolute atomic E-state index is 0.0686. The monoisotopic (exact) mass is 617 g/mol. The lowest BCUT2D eigenvalue weighted by molar-refractivity contribution is 0.0302. The molecule has 2 amide bonds. The van der Waals surface area contributed by atoms with E-state index in [1.165, 1.54) is 29.1 Å². The molecule has 3 heterocycles. The second-order valence-electron chi connectivity index (χ2n) is 11.6. The average molecular weight is 618 g/mol. The van der Waals surface area contributed by atoms with Gasteiger partial charge in [0.05, 0.1) is 29.5 Å². The van der Waals surface area contributed by atoms with Gasteiger partial charge in [-0.2, -0.15) is 0 Å². The summed E-state index contributed by atoms with van der Waals surface area (Å²) in [6, 6.07) is 14.4. The highest BCUT2D eigenvalue weighted by molar-refractivity contribution is 6.36. The topological polar surface area (TPSA) is 106 Å². The highest BCUT2D eigenvalue weighted by Gasteiger charge is 2.20. The summed E-state index contributed by atoms with van der Waals surface area (Å²) in [5.41, 5.74) is 2.44. The van der Waals surface area contributed by atoms with Crippen LogP contribution in [0.25, 0.3) is 11.1 Å². The van der Waals surface area contributed by atoms with Gasteiger partial charge in [-0.05, 0) is 53.4 Å². The fourth-order valence-electron chi connectivity index (χ4n) is 4.84. The van der Waals surface area contributed by atoms with E-state index < -0.39 is 11.7 Å². The van der Waals surface area contributed by atoms with Gasteiger partial charge in [-0.15, -0.1) is 0 Å². The Morgan fingerprint density at radius 2 is 1.66 bits per heavy atom. The lowest BCUT2D eigenvalue weighted by Crippen LogP contribution is -2.40. The second kappa shape index (κ2) is 12.6. The summed E-state index contributed by atoms with van der Waals surface area (Å²) in [7, 11) is 1.56. The van der Waals surface area contributed by atoms with Gasteiger partial charge in [-0.25, -0.2) is 9.37 Å². The van der Waals surface area contributed by atoms with Crippen LogP contribution in [-0.4, -0.2) is 52.6 Å². The van der Waals surface area contributed by atoms with Crippen molar-refractivity contribution >= 4 is 40.6 Å². The second-order valence-corrected chi connectivity index (χ2v) is 12.0. The lowest BCUT2D eigenvalue weighted by atomic mass is 9.87. The van der Waals surface area contributed by atoms with Crippen LogP contribution in [-0.2, 0) is 17.2 Å². The first-order valence-corrected chi connectivity index (χ1v) is 14.5. The van der Waals surface area contributed by atoms with Gasteiger partial charge in [0, 0.05) is 49.2 Å². The fourth-order valence-corrected chi connectivity index (χ4v) is 5.10. The van der Waals surface area contributed by atoms with E-state index in [4.69, 9.17) is 16.3 Å². The Labute approximate surface area is 259 Å². The number of rotatable bonds is 6. The van der Waals surface area contributed by atoms with Crippen LogP contribution in [0.1, 0.15) is 47.1 Å². The van der Waals surface area contributed by atoms with Crippen LogP contribution in [0.2, 0.25) is 5.02 Å². The zero-order valence-corrected chi connectivity index (χ0v) is 25.7. The molecule has 9 nitrogen and oxygen atoms in total. The van der Waals surface area contributed by atoms with E-state index in [1.807, 2.05) is 12.1 Å². The summed E-state index contributed by atoms with van der Waals surface area (Å²) in [4.78, 5) is 44.8. The Morgan fingerprint density at radius 1 is 0.977 bits per heavy atom. The van der Waals surface area contributed by atoms with E-state index in [2.05, 4.69) is 36.4 Å². The van der Waals surface area contributed by atoms with E-state index in [0.717, 1.165) is 11.6 Å². The van der Waals surface area contributed by atoms with Gasteiger partial charge in [-0.3, -0.25) is 14.4 Å². The maximum Gasteiger partial charge on any atom is 0.274 e. The van der Waals surface area contributed by atoms with Crippen LogP contribution in [0.3, 0.4) is 0 Å². The van der Waals surface area contributed by atoms with Gasteiger partial charge in [-0.1, -0.05) is 44.5 Å². The number of aromatic nitrogens is 2. The van der Waals surface area contributed by atoms with Crippen LogP contribution < -0.4 is 16.2 Å². The van der Waals surface area contributed by atoms with Crippen LogP contribution in [0.5, 0.6) is 0 Å². The van der Waals surface area contributed by atoms with Crippen molar-refractivity contribution in [2.75, 3.05) is 36.9 Å². The minimum Gasteiger partial charge on any atom is -0.378 e. The van der Waals surface area contributed by atoms with Crippen molar-refractivity contribution in [1.82, 2.24) is 14.5 Å². The Kier molecular flexibility index (Phi) is 8.85. The molecule has 0 atom stereocenters. The highest BCUT2D eigenvalue weighted by atomic mass is 35.5. The molecule has 11 heteroatoms. The molecule has 228 valence electrons. The van der Waals surface area contributed by atoms with E-state index in [1.54, 1.807) is 36.2 Å². The molecule has 5 rings (SSSR count). The molecule has 1 saturated heterocycles. The Balaban J connectivity index is 1.39. The number of nitrogens with zero attached hydrogens (tertiary/aromatic N) is 3. The number of hydrogen-bond acceptors (Lipinski definition) is 6. The molecule has 0 aliphatic carbocycles. The van der Waals surface area contributed by atoms with Crippen molar-refractivity contribution in [2.24, 2.45) is 7.05 Å². The van der Waals surface area contributed by atoms with Crippen molar-refractivity contribution in [2.45, 2.75) is 26.2 Å². The van der Waals surface area contributed by atoms with Crippen molar-refractivity contribution < 1.29 is 18.7 Å². The Bertz CT molecular complexity index is 1760. The molecule has 0 unspecified atom stereocenters. The molecule has 1 aliphatic heterocycles. The molecule has 0 radical (unpaired) electrons. The molecule has 2 aromatic heterocycles. The third kappa shape index (κ3) is 6.82. The molecule has 2 N–H and O–H groups in total. The normalized spacial score (nSPS) is 13.5. The molecule has 0 spiro atoms. The molecule has 44 heavy (non-hydrogen) atoms. The maximum atomic E-state index is 14.9. The minimum atomic E-state index is -0.617. The fraction of sp³-hybridized carbons (Fsp3) is 0.273. The number of morpholine rings is 1. The van der Waals surface area contributed by atoms with Crippen molar-refractivity contribution in [3.05, 3.63) is 105 Å². The molecule has 0 saturated carbocycles. The highest BCUT2D eigenvalue weighted by Crippen LogP contribution is 2.36. The Hall–Kier alpha value is -4.54. The number of hydrogen-bond donors (Lipinski definition) is 2. The molecular weight excluding hydrogens is 585 g/mol. The standard InChI is InChI=1S/C33H33ClFN5O4/c1-33(2,3)23-8-5-20(6-9-23)30(41)38-26-17-24(35)16-25(29(26)34)22-15-27(32(43)39(4)19-22)37-28-10-7-21(18-36-28)31(42)40-11-13-44-14-12-40/h5-10,15-19H,11-14H2,1-4H3,(H,36,37)(H,38,41). The summed E-state index contributed by atoms with van der Waals surface area (Å²) in [5, 5.41) is 5.81. The molecule has 1 fully saturated rings. The zero-order valence-electron chi connectivity index (χ0n) is 24.9. The van der Waals surface area contributed by atoms with Gasteiger partial charge >= 0.3 is 0 Å². The number of carbonyl (C=O) groups excluding carboxylic acids is 2. The third-order valence-electron chi connectivity index (χ3n) is 7.36. The summed E-state index contributed by atoms with van der Waals surface area (Å²) < 4.78 is 21.5. The summed E-state index contributed by atoms with van der Waals surface area (Å²) in [5.74, 6) is -0.856. The molecular formula is C33H33ClFN5O4. The maximum absolute atomic E-state index is 14.9. The van der Waals surface area contributed by atoms with Crippen LogP contribution in [0.15, 0.2) is 71.8 Å². The van der Waals surface area contributed by atoms with E-state index in [9.17, 15) is 18.8 Å². The number of carbonyl (C=O) groups is 2. The van der Waals surface area contributed by atoms with E-state index >= 15 is 0 Å². The quantitative estimate of drug-likeness (QED) is 0.275. The number of benzene rings is 2. The zero-order chi connectivity index (χ0) is 31.6. The van der Waals surface area contributed by atoms with Gasteiger partial charge in [0.1, 0.15) is 17.3 Å². The summed E-state index contributed by atoms with van der Waals surface area (Å²) in [6.45, 7) is 8.26. The SMILES string of the molecule is Cn1cc(-c2cc(F)cc(NC(=O)c3ccc(C(C)(C)C)cc3)c2Cl)cc(Nc2ccc(C(=O)N3CCOCC3)cn2)c1=O. The predicted molar refractivity (Wildman–Crippen MR) is 169 cm³/mol. The molecule has 4 aromatic rings. The number of aryl methyl sites for hydroxylation is 1. The van der Waals surface area contributed by atoms with Gasteiger partial charge in [0.2, 0.25) is 0 Å². The van der Waals surface area contributed by atoms with Gasteiger partial charge in [0.15, 0.2) is 0 Å². The summed E-state index contributed by atoms with van der Waals surface area (Å²) in [6.07, 6.45) is 2.98. The smallest absolute Gasteiger partial charge is 0.274 e. The van der Waals surface area contributed by atoms with Gasteiger partial charge < -0.3 is 24.8 Å². The van der Waals surface area contributed by atoms with E-state index in [-0.39, 0.29) is 38.8 Å². The van der Waals surface area contributed by atoms with Gasteiger partial charge in [0.25, 0.3) is 17.4 Å². The van der Waals surface area contributed by atoms with E-state index in [0.29, 0.717) is 48.8 Å². The molecule has 0 bridgehead atoms. The number of amides is 2. The average Bonchev–Trinajstić information content (AvgIpc) is 3.01. The first-order valence-electron chi connectivity index (χ1n) is 14.1. The first-order chi connectivity index (χ1) is 20.9. The number of anilines is 3. The summed E-state index contributed by atoms with van der Waals surface area (Å²) >= 11 is 6.70. The Morgan fingerprint density at radius 3 is 2.30 bits per heavy atom. The van der Waals surface area contributed by atoms with Crippen LogP contribution >= 0.6 is 11.6 Å². The van der Waals surface area contributed by atoms with Crippen molar-refractivity contribution in [3.63, 3.8) is 0 Å². The largest absolute Gasteiger partial charge is 0.378 e. The van der Waals surface area contributed by atoms with Crippen LogP contribution in [0.4, 0.5) is 21.6 Å². The molecule has 2 aromatic carbocycles. The number of nitrogens with one attached hydrogen (secondary N) is 2. The first kappa shape index (κ1) is 30.9. The predicted octanol–water partition coefficient (Wildman–Crippen LogP) is 6.01. The lowest BCUT2D eigenvalue weighted by Gasteiger charge is -2.26.